The van der Waals surface area contributed by atoms with Crippen LogP contribution in [0.25, 0.3) is 0 Å². The van der Waals surface area contributed by atoms with Gasteiger partial charge in [-0.25, -0.2) is 4.98 Å². The lowest BCUT2D eigenvalue weighted by atomic mass is 10.2. The van der Waals surface area contributed by atoms with Gasteiger partial charge in [-0.15, -0.1) is 11.3 Å². The molecule has 1 aromatic heterocycles. The molecule has 1 aromatic carbocycles. The second-order valence-corrected chi connectivity index (χ2v) is 6.32. The second-order valence-electron chi connectivity index (χ2n) is 5.60. The number of carbonyl (C=O) groups excluding carboxylic acids is 1. The third-order valence-electron chi connectivity index (χ3n) is 3.93. The SMILES string of the molecule is O=C(Cc1cscn1)N[C@@H]1CCC[C@H]1OCc1ccccc1. The molecular weight excluding hydrogens is 296 g/mol. The van der Waals surface area contributed by atoms with E-state index in [1.807, 2.05) is 23.6 Å². The van der Waals surface area contributed by atoms with Gasteiger partial charge in [0.1, 0.15) is 0 Å². The third kappa shape index (κ3) is 4.15. The minimum Gasteiger partial charge on any atom is -0.371 e. The van der Waals surface area contributed by atoms with Crippen LogP contribution in [0.1, 0.15) is 30.5 Å². The number of hydrogen-bond acceptors (Lipinski definition) is 4. The Morgan fingerprint density at radius 3 is 2.95 bits per heavy atom. The lowest BCUT2D eigenvalue weighted by molar-refractivity contribution is -0.122. The second kappa shape index (κ2) is 7.51. The van der Waals surface area contributed by atoms with E-state index in [-0.39, 0.29) is 18.1 Å². The predicted molar refractivity (Wildman–Crippen MR) is 86.6 cm³/mol. The number of carbonyl (C=O) groups is 1. The van der Waals surface area contributed by atoms with Gasteiger partial charge in [0.05, 0.1) is 36.4 Å². The van der Waals surface area contributed by atoms with E-state index in [4.69, 9.17) is 4.74 Å². The van der Waals surface area contributed by atoms with Crippen molar-refractivity contribution in [2.24, 2.45) is 0 Å². The predicted octanol–water partition coefficient (Wildman–Crippen LogP) is 2.94. The van der Waals surface area contributed by atoms with Crippen LogP contribution in [0, 0.1) is 0 Å². The molecule has 0 saturated heterocycles. The Morgan fingerprint density at radius 1 is 1.32 bits per heavy atom. The number of hydrogen-bond donors (Lipinski definition) is 1. The average molecular weight is 316 g/mol. The van der Waals surface area contributed by atoms with Gasteiger partial charge in [-0.1, -0.05) is 30.3 Å². The quantitative estimate of drug-likeness (QED) is 0.891. The smallest absolute Gasteiger partial charge is 0.226 e. The van der Waals surface area contributed by atoms with E-state index >= 15 is 0 Å². The average Bonchev–Trinajstić information content (AvgIpc) is 3.18. The Kier molecular flexibility index (Phi) is 5.19. The highest BCUT2D eigenvalue weighted by Crippen LogP contribution is 2.23. The summed E-state index contributed by atoms with van der Waals surface area (Å²) in [4.78, 5) is 16.2. The van der Waals surface area contributed by atoms with E-state index < -0.39 is 0 Å². The van der Waals surface area contributed by atoms with Gasteiger partial charge in [0.2, 0.25) is 5.91 Å². The van der Waals surface area contributed by atoms with Crippen LogP contribution in [0.2, 0.25) is 0 Å². The zero-order valence-corrected chi connectivity index (χ0v) is 13.2. The zero-order chi connectivity index (χ0) is 15.2. The number of ether oxygens (including phenoxy) is 1. The van der Waals surface area contributed by atoms with Gasteiger partial charge >= 0.3 is 0 Å². The first-order valence-corrected chi connectivity index (χ1v) is 8.57. The number of rotatable bonds is 6. The molecule has 1 amide bonds. The number of benzene rings is 1. The summed E-state index contributed by atoms with van der Waals surface area (Å²) in [5, 5.41) is 5.02. The Morgan fingerprint density at radius 2 is 2.18 bits per heavy atom. The highest BCUT2D eigenvalue weighted by atomic mass is 32.1. The maximum Gasteiger partial charge on any atom is 0.226 e. The fourth-order valence-electron chi connectivity index (χ4n) is 2.82. The molecule has 0 spiro atoms. The lowest BCUT2D eigenvalue weighted by Crippen LogP contribution is -2.41. The maximum absolute atomic E-state index is 12.1. The van der Waals surface area contributed by atoms with Crippen molar-refractivity contribution in [3.8, 4) is 0 Å². The summed E-state index contributed by atoms with van der Waals surface area (Å²) in [6.07, 6.45) is 3.56. The van der Waals surface area contributed by atoms with E-state index in [1.165, 1.54) is 16.9 Å². The largest absolute Gasteiger partial charge is 0.371 e. The summed E-state index contributed by atoms with van der Waals surface area (Å²) in [5.41, 5.74) is 3.76. The summed E-state index contributed by atoms with van der Waals surface area (Å²) in [6, 6.07) is 10.3. The van der Waals surface area contributed by atoms with Gasteiger partial charge in [0.25, 0.3) is 0 Å². The van der Waals surface area contributed by atoms with Crippen molar-refractivity contribution in [2.45, 2.75) is 44.4 Å². The van der Waals surface area contributed by atoms with Gasteiger partial charge < -0.3 is 10.1 Å². The summed E-state index contributed by atoms with van der Waals surface area (Å²) in [5.74, 6) is 0.0334. The standard InChI is InChI=1S/C17H20N2O2S/c20-17(9-14-11-22-12-18-14)19-15-7-4-8-16(15)21-10-13-5-2-1-3-6-13/h1-3,5-6,11-12,15-16H,4,7-10H2,(H,19,20)/t15-,16-/m1/s1. The van der Waals surface area contributed by atoms with Crippen molar-refractivity contribution in [3.63, 3.8) is 0 Å². The number of thiazole rings is 1. The Labute approximate surface area is 134 Å². The first-order chi connectivity index (χ1) is 10.8. The van der Waals surface area contributed by atoms with E-state index in [9.17, 15) is 4.79 Å². The van der Waals surface area contributed by atoms with Crippen molar-refractivity contribution >= 4 is 17.2 Å². The van der Waals surface area contributed by atoms with Crippen molar-refractivity contribution in [3.05, 3.63) is 52.5 Å². The molecule has 0 aliphatic heterocycles. The molecule has 1 aliphatic carbocycles. The van der Waals surface area contributed by atoms with Gasteiger partial charge in [-0.05, 0) is 24.8 Å². The molecule has 5 heteroatoms. The molecule has 0 radical (unpaired) electrons. The van der Waals surface area contributed by atoms with Gasteiger partial charge in [-0.2, -0.15) is 0 Å². The molecule has 0 unspecified atom stereocenters. The molecule has 1 fully saturated rings. The van der Waals surface area contributed by atoms with Crippen molar-refractivity contribution in [1.82, 2.24) is 10.3 Å². The lowest BCUT2D eigenvalue weighted by Gasteiger charge is -2.21. The molecule has 1 heterocycles. The minimum atomic E-state index is 0.0334. The van der Waals surface area contributed by atoms with Gasteiger partial charge in [-0.3, -0.25) is 4.79 Å². The summed E-state index contributed by atoms with van der Waals surface area (Å²) in [7, 11) is 0. The molecule has 116 valence electrons. The zero-order valence-electron chi connectivity index (χ0n) is 12.4. The third-order valence-corrected chi connectivity index (χ3v) is 4.57. The fraction of sp³-hybridized carbons (Fsp3) is 0.412. The molecule has 0 bridgehead atoms. The number of amides is 1. The van der Waals surface area contributed by atoms with Crippen LogP contribution in [0.5, 0.6) is 0 Å². The van der Waals surface area contributed by atoms with Crippen LogP contribution >= 0.6 is 11.3 Å². The Bertz CT molecular complexity index is 586. The van der Waals surface area contributed by atoms with Crippen molar-refractivity contribution < 1.29 is 9.53 Å². The summed E-state index contributed by atoms with van der Waals surface area (Å²) >= 11 is 1.51. The van der Waals surface area contributed by atoms with Crippen molar-refractivity contribution in [1.29, 1.82) is 0 Å². The Balaban J connectivity index is 1.49. The molecular formula is C17H20N2O2S. The molecule has 2 aromatic rings. The highest BCUT2D eigenvalue weighted by molar-refractivity contribution is 7.07. The topological polar surface area (TPSA) is 51.2 Å². The van der Waals surface area contributed by atoms with E-state index in [1.54, 1.807) is 5.51 Å². The molecule has 1 saturated carbocycles. The van der Waals surface area contributed by atoms with Crippen molar-refractivity contribution in [2.75, 3.05) is 0 Å². The van der Waals surface area contributed by atoms with Crippen LogP contribution in [0.3, 0.4) is 0 Å². The Hall–Kier alpha value is -1.72. The first kappa shape index (κ1) is 15.2. The van der Waals surface area contributed by atoms with E-state index in [2.05, 4.69) is 22.4 Å². The van der Waals surface area contributed by atoms with Crippen LogP contribution in [0.4, 0.5) is 0 Å². The van der Waals surface area contributed by atoms with Crippen LogP contribution in [-0.2, 0) is 22.6 Å². The van der Waals surface area contributed by atoms with Gasteiger partial charge in [0.15, 0.2) is 0 Å². The first-order valence-electron chi connectivity index (χ1n) is 7.63. The molecule has 1 N–H and O–H groups in total. The fourth-order valence-corrected chi connectivity index (χ4v) is 3.37. The van der Waals surface area contributed by atoms with E-state index in [0.717, 1.165) is 25.0 Å². The molecule has 3 rings (SSSR count). The highest BCUT2D eigenvalue weighted by Gasteiger charge is 2.29. The monoisotopic (exact) mass is 316 g/mol. The number of aromatic nitrogens is 1. The summed E-state index contributed by atoms with van der Waals surface area (Å²) < 4.78 is 6.01. The van der Waals surface area contributed by atoms with Crippen LogP contribution < -0.4 is 5.32 Å². The molecule has 4 nitrogen and oxygen atoms in total. The maximum atomic E-state index is 12.1. The normalized spacial score (nSPS) is 20.9. The minimum absolute atomic E-state index is 0.0334. The van der Waals surface area contributed by atoms with Crippen LogP contribution in [0.15, 0.2) is 41.2 Å². The van der Waals surface area contributed by atoms with E-state index in [0.29, 0.717) is 13.0 Å². The van der Waals surface area contributed by atoms with Crippen LogP contribution in [-0.4, -0.2) is 23.0 Å². The number of nitrogens with zero attached hydrogens (tertiary/aromatic N) is 1. The van der Waals surface area contributed by atoms with Gasteiger partial charge in [0, 0.05) is 5.38 Å². The molecule has 1 aliphatic rings. The molecule has 2 atom stereocenters. The molecule has 22 heavy (non-hydrogen) atoms. The summed E-state index contributed by atoms with van der Waals surface area (Å²) in [6.45, 7) is 0.601. The number of nitrogens with one attached hydrogen (secondary N) is 1.